The second kappa shape index (κ2) is 11.6. The molecule has 0 bridgehead atoms. The summed E-state index contributed by atoms with van der Waals surface area (Å²) >= 11 is 0. The lowest BCUT2D eigenvalue weighted by Crippen LogP contribution is -2.41. The fraction of sp³-hybridized carbons (Fsp3) is 0.478. The molecule has 1 aliphatic rings. The first-order valence-electron chi connectivity index (χ1n) is 10.1. The van der Waals surface area contributed by atoms with Crippen LogP contribution in [0.15, 0.2) is 54.6 Å². The summed E-state index contributed by atoms with van der Waals surface area (Å²) in [7, 11) is 0. The smallest absolute Gasteiger partial charge is 0.419 e. The average Bonchev–Trinajstić information content (AvgIpc) is 2.69. The van der Waals surface area contributed by atoms with Crippen LogP contribution < -0.4 is 4.74 Å². The molecule has 1 saturated heterocycles. The van der Waals surface area contributed by atoms with Crippen LogP contribution in [0, 0.1) is 0 Å². The van der Waals surface area contributed by atoms with Crippen LogP contribution in [-0.4, -0.2) is 30.6 Å². The summed E-state index contributed by atoms with van der Waals surface area (Å²) < 4.78 is 44.4. The number of hydrogen-bond acceptors (Lipinski definition) is 2. The van der Waals surface area contributed by atoms with Gasteiger partial charge in [-0.05, 0) is 62.9 Å². The third kappa shape index (κ3) is 7.34. The lowest BCUT2D eigenvalue weighted by molar-refractivity contribution is -0.138. The topological polar surface area (TPSA) is 12.5 Å². The van der Waals surface area contributed by atoms with Gasteiger partial charge in [0.05, 0.1) is 12.2 Å². The molecule has 0 saturated carbocycles. The summed E-state index contributed by atoms with van der Waals surface area (Å²) in [5.74, 6) is -0.0741. The Morgan fingerprint density at radius 3 is 2.41 bits per heavy atom. The van der Waals surface area contributed by atoms with Crippen LogP contribution in [-0.2, 0) is 12.6 Å². The number of benzene rings is 2. The highest BCUT2D eigenvalue weighted by atomic mass is 79.9. The van der Waals surface area contributed by atoms with E-state index in [2.05, 4.69) is 29.2 Å². The van der Waals surface area contributed by atoms with E-state index in [0.717, 1.165) is 38.4 Å². The minimum absolute atomic E-state index is 0. The Labute approximate surface area is 181 Å². The minimum Gasteiger partial charge on any atom is -0.493 e. The molecular weight excluding hydrogens is 443 g/mol. The maximum Gasteiger partial charge on any atom is 0.419 e. The number of para-hydroxylation sites is 1. The van der Waals surface area contributed by atoms with Crippen molar-refractivity contribution in [2.45, 2.75) is 50.7 Å². The molecule has 0 N–H and O–H groups in total. The Hall–Kier alpha value is -1.53. The molecule has 1 fully saturated rings. The quantitative estimate of drug-likeness (QED) is 0.405. The number of hydrogen-bond donors (Lipinski definition) is 0. The molecule has 29 heavy (non-hydrogen) atoms. The van der Waals surface area contributed by atoms with E-state index in [9.17, 15) is 13.2 Å². The van der Waals surface area contributed by atoms with Crippen LogP contribution in [0.25, 0.3) is 0 Å². The summed E-state index contributed by atoms with van der Waals surface area (Å²) in [6, 6.07) is 16.5. The lowest BCUT2D eigenvalue weighted by atomic mass is 9.95. The van der Waals surface area contributed by atoms with Gasteiger partial charge in [0, 0.05) is 6.04 Å². The van der Waals surface area contributed by atoms with Crippen molar-refractivity contribution in [3.63, 3.8) is 0 Å². The highest BCUT2D eigenvalue weighted by Crippen LogP contribution is 2.35. The number of likely N-dealkylation sites (tertiary alicyclic amines) is 1. The first kappa shape index (κ1) is 23.7. The fourth-order valence-corrected chi connectivity index (χ4v) is 3.90. The number of unbranched alkanes of at least 4 members (excludes halogenated alkanes) is 1. The summed E-state index contributed by atoms with van der Waals surface area (Å²) in [6.07, 6.45) is 2.07. The molecule has 0 spiro atoms. The van der Waals surface area contributed by atoms with Crippen molar-refractivity contribution in [3.8, 4) is 5.75 Å². The number of alkyl halides is 3. The van der Waals surface area contributed by atoms with E-state index in [1.165, 1.54) is 37.0 Å². The number of ether oxygens (including phenoxy) is 1. The molecular formula is C23H29BrF3NO. The van der Waals surface area contributed by atoms with Gasteiger partial charge in [0.2, 0.25) is 0 Å². The predicted molar refractivity (Wildman–Crippen MR) is 116 cm³/mol. The molecule has 1 atom stereocenters. The Morgan fingerprint density at radius 1 is 0.931 bits per heavy atom. The predicted octanol–water partition coefficient (Wildman–Crippen LogP) is 6.54. The van der Waals surface area contributed by atoms with Gasteiger partial charge in [0.1, 0.15) is 5.75 Å². The number of rotatable bonds is 8. The largest absolute Gasteiger partial charge is 0.493 e. The van der Waals surface area contributed by atoms with E-state index in [-0.39, 0.29) is 22.7 Å². The maximum atomic E-state index is 13.0. The molecule has 0 radical (unpaired) electrons. The zero-order chi connectivity index (χ0) is 19.8. The van der Waals surface area contributed by atoms with Crippen molar-refractivity contribution in [2.75, 3.05) is 19.7 Å². The zero-order valence-corrected chi connectivity index (χ0v) is 18.2. The molecule has 160 valence electrons. The molecule has 2 nitrogen and oxygen atoms in total. The van der Waals surface area contributed by atoms with Gasteiger partial charge in [-0.15, -0.1) is 17.0 Å². The van der Waals surface area contributed by atoms with E-state index < -0.39 is 11.7 Å². The zero-order valence-electron chi connectivity index (χ0n) is 16.5. The molecule has 0 aliphatic carbocycles. The molecule has 2 aromatic rings. The second-order valence-corrected chi connectivity index (χ2v) is 7.42. The lowest BCUT2D eigenvalue weighted by Gasteiger charge is -2.36. The standard InChI is InChI=1S/C23H28F3NO.BrH/c24-23(25,26)21-13-4-5-14-22(21)28-17-9-8-16-27-15-7-6-12-20(27)18-19-10-2-1-3-11-19;/h1-5,10-11,13-14,20H,6-9,12,15-18H2;1H. The molecule has 1 aliphatic heterocycles. The molecule has 6 heteroatoms. The Kier molecular flexibility index (Phi) is 9.50. The normalized spacial score (nSPS) is 17.6. The van der Waals surface area contributed by atoms with Gasteiger partial charge in [0.15, 0.2) is 0 Å². The van der Waals surface area contributed by atoms with Gasteiger partial charge in [-0.3, -0.25) is 0 Å². The fourth-order valence-electron chi connectivity index (χ4n) is 3.90. The van der Waals surface area contributed by atoms with Crippen LogP contribution in [0.3, 0.4) is 0 Å². The van der Waals surface area contributed by atoms with Crippen LogP contribution in [0.2, 0.25) is 0 Å². The Balaban J connectivity index is 0.00000300. The first-order chi connectivity index (χ1) is 13.5. The molecule has 1 heterocycles. The Morgan fingerprint density at radius 2 is 1.66 bits per heavy atom. The van der Waals surface area contributed by atoms with Crippen molar-refractivity contribution in [2.24, 2.45) is 0 Å². The number of nitrogens with zero attached hydrogens (tertiary/aromatic N) is 1. The van der Waals surface area contributed by atoms with Crippen molar-refractivity contribution in [1.82, 2.24) is 4.90 Å². The summed E-state index contributed by atoms with van der Waals surface area (Å²) in [4.78, 5) is 2.54. The van der Waals surface area contributed by atoms with Crippen LogP contribution >= 0.6 is 17.0 Å². The van der Waals surface area contributed by atoms with E-state index >= 15 is 0 Å². The maximum absolute atomic E-state index is 13.0. The SMILES string of the molecule is Br.FC(F)(F)c1ccccc1OCCCCN1CCCCC1Cc1ccccc1. The van der Waals surface area contributed by atoms with Gasteiger partial charge in [0.25, 0.3) is 0 Å². The average molecular weight is 472 g/mol. The highest BCUT2D eigenvalue weighted by molar-refractivity contribution is 8.93. The molecule has 2 aromatic carbocycles. The third-order valence-corrected chi connectivity index (χ3v) is 5.35. The van der Waals surface area contributed by atoms with Crippen LogP contribution in [0.1, 0.15) is 43.2 Å². The van der Waals surface area contributed by atoms with Crippen LogP contribution in [0.5, 0.6) is 5.75 Å². The highest BCUT2D eigenvalue weighted by Gasteiger charge is 2.33. The van der Waals surface area contributed by atoms with Crippen molar-refractivity contribution in [3.05, 3.63) is 65.7 Å². The third-order valence-electron chi connectivity index (χ3n) is 5.35. The van der Waals surface area contributed by atoms with Gasteiger partial charge in [-0.1, -0.05) is 48.9 Å². The second-order valence-electron chi connectivity index (χ2n) is 7.42. The van der Waals surface area contributed by atoms with Crippen molar-refractivity contribution >= 4 is 17.0 Å². The van der Waals surface area contributed by atoms with E-state index in [0.29, 0.717) is 12.6 Å². The van der Waals surface area contributed by atoms with E-state index in [1.54, 1.807) is 6.07 Å². The monoisotopic (exact) mass is 471 g/mol. The van der Waals surface area contributed by atoms with Gasteiger partial charge >= 0.3 is 6.18 Å². The molecule has 3 rings (SSSR count). The Bertz CT molecular complexity index is 724. The molecule has 1 unspecified atom stereocenters. The summed E-state index contributed by atoms with van der Waals surface area (Å²) in [6.45, 7) is 2.39. The van der Waals surface area contributed by atoms with E-state index in [4.69, 9.17) is 4.74 Å². The van der Waals surface area contributed by atoms with Crippen LogP contribution in [0.4, 0.5) is 13.2 Å². The van der Waals surface area contributed by atoms with Gasteiger partial charge in [-0.25, -0.2) is 0 Å². The van der Waals surface area contributed by atoms with Crippen molar-refractivity contribution in [1.29, 1.82) is 0 Å². The summed E-state index contributed by atoms with van der Waals surface area (Å²) in [5, 5.41) is 0. The first-order valence-corrected chi connectivity index (χ1v) is 10.1. The van der Waals surface area contributed by atoms with Gasteiger partial charge in [-0.2, -0.15) is 13.2 Å². The minimum atomic E-state index is -4.38. The van der Waals surface area contributed by atoms with E-state index in [1.807, 2.05) is 6.07 Å². The number of halogens is 4. The van der Waals surface area contributed by atoms with Gasteiger partial charge < -0.3 is 9.64 Å². The molecule has 0 amide bonds. The van der Waals surface area contributed by atoms with Crippen molar-refractivity contribution < 1.29 is 17.9 Å². The number of piperidine rings is 1. The summed E-state index contributed by atoms with van der Waals surface area (Å²) in [5.41, 5.74) is 0.667. The molecule has 0 aromatic heterocycles.